The Hall–Kier alpha value is -1.45. The molecule has 0 saturated carbocycles. The van der Waals surface area contributed by atoms with Crippen LogP contribution in [0.25, 0.3) is 0 Å². The van der Waals surface area contributed by atoms with Crippen LogP contribution in [-0.4, -0.2) is 32.7 Å². The van der Waals surface area contributed by atoms with Crippen molar-refractivity contribution in [2.75, 3.05) is 13.2 Å². The summed E-state index contributed by atoms with van der Waals surface area (Å²) < 4.78 is 47.4. The van der Waals surface area contributed by atoms with E-state index in [0.717, 1.165) is 0 Å². The molecule has 0 aromatic heterocycles. The number of non-ortho nitro benzene ring substituents is 1. The lowest BCUT2D eigenvalue weighted by Crippen LogP contribution is -2.28. The minimum atomic E-state index is -4.40. The number of hydrogen-bond donors (Lipinski definition) is 0. The molecule has 1 aromatic carbocycles. The molecule has 0 bridgehead atoms. The second kappa shape index (κ2) is 6.12. The third-order valence-corrected chi connectivity index (χ3v) is 4.20. The maximum atomic E-state index is 14.0. The summed E-state index contributed by atoms with van der Waals surface area (Å²) in [6, 6.07) is 1.26. The summed E-state index contributed by atoms with van der Waals surface area (Å²) in [6.07, 6.45) is 0.701. The number of benzene rings is 1. The normalized spacial score (nSPS) is 19.2. The minimum Gasteiger partial charge on any atom is -0.484 e. The van der Waals surface area contributed by atoms with Gasteiger partial charge in [-0.05, 0) is 12.8 Å². The van der Waals surface area contributed by atoms with Crippen LogP contribution in [-0.2, 0) is 13.8 Å². The number of ether oxygens (including phenoxy) is 2. The molecular weight excluding hydrogens is 329 g/mol. The fourth-order valence-corrected chi connectivity index (χ4v) is 2.90. The molecule has 21 heavy (non-hydrogen) atoms. The van der Waals surface area contributed by atoms with E-state index >= 15 is 0 Å². The molecule has 1 heterocycles. The van der Waals surface area contributed by atoms with Crippen molar-refractivity contribution in [1.82, 2.24) is 0 Å². The number of hydrogen-bond acceptors (Lipinski definition) is 6. The predicted octanol–water partition coefficient (Wildman–Crippen LogP) is 2.22. The van der Waals surface area contributed by atoms with Crippen LogP contribution in [0.5, 0.6) is 5.75 Å². The van der Waals surface area contributed by atoms with Crippen LogP contribution in [0, 0.1) is 15.9 Å². The van der Waals surface area contributed by atoms with Gasteiger partial charge in [0.05, 0.1) is 17.6 Å². The molecule has 0 N–H and O–H groups in total. The molecule has 1 saturated heterocycles. The SMILES string of the molecule is O=[N+]([O-])c1cc(F)c(OC2CCCOC2)c(S(=O)(=O)Cl)c1. The van der Waals surface area contributed by atoms with E-state index < -0.39 is 42.2 Å². The Labute approximate surface area is 124 Å². The second-order valence-electron chi connectivity index (χ2n) is 4.41. The van der Waals surface area contributed by atoms with E-state index in [-0.39, 0.29) is 6.61 Å². The standard InChI is InChI=1S/C11H11ClFNO6S/c12-21(17,18)10-5-7(14(15)16)4-9(13)11(10)20-8-2-1-3-19-6-8/h4-5,8H,1-3,6H2. The minimum absolute atomic E-state index is 0.179. The quantitative estimate of drug-likeness (QED) is 0.474. The van der Waals surface area contributed by atoms with E-state index in [4.69, 9.17) is 20.2 Å². The van der Waals surface area contributed by atoms with Gasteiger partial charge >= 0.3 is 0 Å². The monoisotopic (exact) mass is 339 g/mol. The van der Waals surface area contributed by atoms with Gasteiger partial charge in [0.2, 0.25) is 0 Å². The van der Waals surface area contributed by atoms with Gasteiger partial charge in [-0.15, -0.1) is 0 Å². The van der Waals surface area contributed by atoms with Crippen molar-refractivity contribution in [3.8, 4) is 5.75 Å². The van der Waals surface area contributed by atoms with Crippen molar-refractivity contribution in [2.24, 2.45) is 0 Å². The summed E-state index contributed by atoms with van der Waals surface area (Å²) >= 11 is 0. The van der Waals surface area contributed by atoms with Gasteiger partial charge in [0.15, 0.2) is 11.6 Å². The highest BCUT2D eigenvalue weighted by Gasteiger charge is 2.28. The molecule has 10 heteroatoms. The average Bonchev–Trinajstić information content (AvgIpc) is 2.40. The zero-order valence-electron chi connectivity index (χ0n) is 10.6. The van der Waals surface area contributed by atoms with Crippen LogP contribution in [0.3, 0.4) is 0 Å². The van der Waals surface area contributed by atoms with Gasteiger partial charge < -0.3 is 9.47 Å². The number of nitro benzene ring substituents is 1. The lowest BCUT2D eigenvalue weighted by Gasteiger charge is -2.24. The van der Waals surface area contributed by atoms with Gasteiger partial charge in [-0.2, -0.15) is 0 Å². The third-order valence-electron chi connectivity index (χ3n) is 2.87. The van der Waals surface area contributed by atoms with Crippen molar-refractivity contribution in [3.63, 3.8) is 0 Å². The molecule has 1 unspecified atom stereocenters. The van der Waals surface area contributed by atoms with E-state index in [0.29, 0.717) is 31.6 Å². The van der Waals surface area contributed by atoms with Gasteiger partial charge in [0.1, 0.15) is 11.0 Å². The zero-order chi connectivity index (χ0) is 15.6. The first-order valence-electron chi connectivity index (χ1n) is 5.96. The van der Waals surface area contributed by atoms with Gasteiger partial charge in [-0.3, -0.25) is 10.1 Å². The highest BCUT2D eigenvalue weighted by Crippen LogP contribution is 2.35. The molecule has 1 fully saturated rings. The van der Waals surface area contributed by atoms with Crippen LogP contribution >= 0.6 is 10.7 Å². The number of halogens is 2. The highest BCUT2D eigenvalue weighted by atomic mass is 35.7. The Kier molecular flexibility index (Phi) is 4.64. The van der Waals surface area contributed by atoms with Crippen LogP contribution < -0.4 is 4.74 Å². The fraction of sp³-hybridized carbons (Fsp3) is 0.455. The summed E-state index contributed by atoms with van der Waals surface area (Å²) in [5.41, 5.74) is -0.723. The van der Waals surface area contributed by atoms with Crippen molar-refractivity contribution in [3.05, 3.63) is 28.1 Å². The molecule has 7 nitrogen and oxygen atoms in total. The molecule has 0 amide bonds. The van der Waals surface area contributed by atoms with Crippen LogP contribution in [0.4, 0.5) is 10.1 Å². The van der Waals surface area contributed by atoms with Crippen molar-refractivity contribution < 1.29 is 27.2 Å². The number of nitro groups is 1. The third kappa shape index (κ3) is 3.80. The molecule has 116 valence electrons. The fourth-order valence-electron chi connectivity index (χ4n) is 1.93. The van der Waals surface area contributed by atoms with Gasteiger partial charge in [0.25, 0.3) is 14.7 Å². The first-order chi connectivity index (χ1) is 9.79. The molecule has 0 aliphatic carbocycles. The molecule has 1 aliphatic rings. The Morgan fingerprint density at radius 2 is 2.19 bits per heavy atom. The first-order valence-corrected chi connectivity index (χ1v) is 8.27. The van der Waals surface area contributed by atoms with E-state index in [1.165, 1.54) is 0 Å². The largest absolute Gasteiger partial charge is 0.484 e. The van der Waals surface area contributed by atoms with Crippen LogP contribution in [0.2, 0.25) is 0 Å². The topological polar surface area (TPSA) is 95.7 Å². The number of nitrogens with zero attached hydrogens (tertiary/aromatic N) is 1. The summed E-state index contributed by atoms with van der Waals surface area (Å²) in [5, 5.41) is 10.7. The summed E-state index contributed by atoms with van der Waals surface area (Å²) in [6.45, 7) is 0.724. The molecule has 1 aliphatic heterocycles. The van der Waals surface area contributed by atoms with Gasteiger partial charge in [-0.25, -0.2) is 12.8 Å². The zero-order valence-corrected chi connectivity index (χ0v) is 12.2. The smallest absolute Gasteiger partial charge is 0.273 e. The van der Waals surface area contributed by atoms with E-state index in [2.05, 4.69) is 0 Å². The average molecular weight is 340 g/mol. The molecule has 1 aromatic rings. The van der Waals surface area contributed by atoms with E-state index in [1.807, 2.05) is 0 Å². The summed E-state index contributed by atoms with van der Waals surface area (Å²) in [7, 11) is 0.801. The lowest BCUT2D eigenvalue weighted by molar-refractivity contribution is -0.385. The Morgan fingerprint density at radius 1 is 1.48 bits per heavy atom. The Balaban J connectivity index is 2.45. The van der Waals surface area contributed by atoms with Crippen LogP contribution in [0.1, 0.15) is 12.8 Å². The predicted molar refractivity (Wildman–Crippen MR) is 70.6 cm³/mol. The maximum Gasteiger partial charge on any atom is 0.273 e. The van der Waals surface area contributed by atoms with Crippen molar-refractivity contribution in [1.29, 1.82) is 0 Å². The second-order valence-corrected chi connectivity index (χ2v) is 6.94. The van der Waals surface area contributed by atoms with Crippen molar-refractivity contribution in [2.45, 2.75) is 23.8 Å². The molecule has 2 rings (SSSR count). The molecule has 0 spiro atoms. The van der Waals surface area contributed by atoms with Gasteiger partial charge in [0, 0.05) is 23.4 Å². The lowest BCUT2D eigenvalue weighted by atomic mass is 10.2. The first kappa shape index (κ1) is 15.9. The summed E-state index contributed by atoms with van der Waals surface area (Å²) in [4.78, 5) is 9.00. The van der Waals surface area contributed by atoms with E-state index in [9.17, 15) is 22.9 Å². The van der Waals surface area contributed by atoms with E-state index in [1.54, 1.807) is 0 Å². The van der Waals surface area contributed by atoms with Crippen molar-refractivity contribution >= 4 is 25.4 Å². The molecule has 1 atom stereocenters. The number of rotatable bonds is 4. The Morgan fingerprint density at radius 3 is 2.71 bits per heavy atom. The summed E-state index contributed by atoms with van der Waals surface area (Å²) in [5.74, 6) is -1.78. The van der Waals surface area contributed by atoms with Gasteiger partial charge in [-0.1, -0.05) is 0 Å². The van der Waals surface area contributed by atoms with Crippen LogP contribution in [0.15, 0.2) is 17.0 Å². The molecular formula is C11H11ClFNO6S. The highest BCUT2D eigenvalue weighted by molar-refractivity contribution is 8.13. The maximum absolute atomic E-state index is 14.0. The molecule has 0 radical (unpaired) electrons. The Bertz CT molecular complexity index is 659.